The van der Waals surface area contributed by atoms with E-state index >= 15 is 0 Å². The van der Waals surface area contributed by atoms with Crippen LogP contribution in [0.1, 0.15) is 11.1 Å². The molecule has 1 aliphatic heterocycles. The lowest BCUT2D eigenvalue weighted by molar-refractivity contribution is 0.262. The molecular formula is C19H23ClN4O. The van der Waals surface area contributed by atoms with Crippen LogP contribution in [0.4, 0.5) is 5.69 Å². The maximum absolute atomic E-state index is 6.26. The summed E-state index contributed by atoms with van der Waals surface area (Å²) < 4.78 is 5.20. The Morgan fingerprint density at radius 1 is 1.32 bits per heavy atom. The van der Waals surface area contributed by atoms with E-state index in [-0.39, 0.29) is 0 Å². The minimum Gasteiger partial charge on any atom is -0.497 e. The highest BCUT2D eigenvalue weighted by molar-refractivity contribution is 6.31. The molecule has 3 N–H and O–H groups in total. The number of nitrogens with zero attached hydrogens (tertiary/aromatic N) is 2. The van der Waals surface area contributed by atoms with Gasteiger partial charge in [0.15, 0.2) is 5.96 Å². The normalized spacial score (nSPS) is 14.9. The highest BCUT2D eigenvalue weighted by Gasteiger charge is 2.17. The minimum atomic E-state index is 0.411. The molecule has 0 amide bonds. The van der Waals surface area contributed by atoms with Crippen LogP contribution in [-0.2, 0) is 13.0 Å². The molecule has 0 spiro atoms. The lowest BCUT2D eigenvalue weighted by Gasteiger charge is -2.28. The van der Waals surface area contributed by atoms with E-state index in [1.165, 1.54) is 11.1 Å². The Balaban J connectivity index is 1.51. The standard InChI is InChI=1S/C19H23ClN4O/c1-25-16-6-3-5-15(12-16)23-19(21)22-9-11-24-10-8-17-14(13-24)4-2-7-18(17)20/h2-7,12H,8-11,13H2,1H3,(H3,21,22,23). The smallest absolute Gasteiger partial charge is 0.193 e. The summed E-state index contributed by atoms with van der Waals surface area (Å²) in [5.74, 6) is 1.19. The molecule has 1 heterocycles. The lowest BCUT2D eigenvalue weighted by Crippen LogP contribution is -2.33. The van der Waals surface area contributed by atoms with E-state index < -0.39 is 0 Å². The van der Waals surface area contributed by atoms with Crippen molar-refractivity contribution in [2.45, 2.75) is 13.0 Å². The summed E-state index contributed by atoms with van der Waals surface area (Å²) in [7, 11) is 1.64. The van der Waals surface area contributed by atoms with Gasteiger partial charge in [0.05, 0.1) is 13.7 Å². The molecule has 0 bridgehead atoms. The van der Waals surface area contributed by atoms with Crippen LogP contribution in [0.2, 0.25) is 5.02 Å². The van der Waals surface area contributed by atoms with Crippen LogP contribution >= 0.6 is 11.6 Å². The first-order valence-electron chi connectivity index (χ1n) is 8.35. The number of anilines is 1. The van der Waals surface area contributed by atoms with Gasteiger partial charge < -0.3 is 15.8 Å². The second kappa shape index (κ2) is 8.23. The Hall–Kier alpha value is -2.24. The number of ether oxygens (including phenoxy) is 1. The first-order valence-corrected chi connectivity index (χ1v) is 8.73. The van der Waals surface area contributed by atoms with Gasteiger partial charge in [0, 0.05) is 36.4 Å². The molecule has 0 aromatic heterocycles. The monoisotopic (exact) mass is 358 g/mol. The van der Waals surface area contributed by atoms with Crippen molar-refractivity contribution in [2.24, 2.45) is 10.7 Å². The van der Waals surface area contributed by atoms with Crippen molar-refractivity contribution < 1.29 is 4.74 Å². The van der Waals surface area contributed by atoms with Crippen molar-refractivity contribution in [2.75, 3.05) is 32.1 Å². The molecule has 3 rings (SSSR count). The number of fused-ring (bicyclic) bond motifs is 1. The van der Waals surface area contributed by atoms with E-state index in [1.54, 1.807) is 7.11 Å². The summed E-state index contributed by atoms with van der Waals surface area (Å²) in [6.07, 6.45) is 0.982. The van der Waals surface area contributed by atoms with Gasteiger partial charge >= 0.3 is 0 Å². The van der Waals surface area contributed by atoms with Crippen LogP contribution in [0.3, 0.4) is 0 Å². The first kappa shape index (κ1) is 17.6. The van der Waals surface area contributed by atoms with E-state index in [0.29, 0.717) is 12.5 Å². The number of methoxy groups -OCH3 is 1. The third-order valence-electron chi connectivity index (χ3n) is 4.33. The van der Waals surface area contributed by atoms with Crippen molar-refractivity contribution in [3.05, 3.63) is 58.6 Å². The highest BCUT2D eigenvalue weighted by atomic mass is 35.5. The zero-order valence-electron chi connectivity index (χ0n) is 14.3. The Morgan fingerprint density at radius 3 is 3.00 bits per heavy atom. The number of benzene rings is 2. The van der Waals surface area contributed by atoms with Crippen LogP contribution in [0.5, 0.6) is 5.75 Å². The molecule has 0 saturated heterocycles. The number of rotatable bonds is 5. The second-order valence-corrected chi connectivity index (χ2v) is 6.43. The molecular weight excluding hydrogens is 336 g/mol. The molecule has 0 aliphatic carbocycles. The van der Waals surface area contributed by atoms with Crippen LogP contribution in [0.15, 0.2) is 47.5 Å². The summed E-state index contributed by atoms with van der Waals surface area (Å²) in [4.78, 5) is 6.79. The minimum absolute atomic E-state index is 0.411. The lowest BCUT2D eigenvalue weighted by atomic mass is 10.00. The fraction of sp³-hybridized carbons (Fsp3) is 0.316. The summed E-state index contributed by atoms with van der Waals surface area (Å²) in [6.45, 7) is 3.43. The van der Waals surface area contributed by atoms with Crippen molar-refractivity contribution in [1.82, 2.24) is 4.90 Å². The number of nitrogens with one attached hydrogen (secondary N) is 1. The molecule has 0 atom stereocenters. The largest absolute Gasteiger partial charge is 0.497 e. The van der Waals surface area contributed by atoms with Gasteiger partial charge in [0.25, 0.3) is 0 Å². The molecule has 2 aromatic carbocycles. The predicted molar refractivity (Wildman–Crippen MR) is 104 cm³/mol. The zero-order chi connectivity index (χ0) is 17.6. The van der Waals surface area contributed by atoms with E-state index in [0.717, 1.165) is 42.5 Å². The summed E-state index contributed by atoms with van der Waals surface area (Å²) in [5, 5.41) is 3.97. The van der Waals surface area contributed by atoms with Gasteiger partial charge in [-0.2, -0.15) is 0 Å². The van der Waals surface area contributed by atoms with Gasteiger partial charge in [-0.3, -0.25) is 9.89 Å². The predicted octanol–water partition coefficient (Wildman–Crippen LogP) is 3.13. The Labute approximate surface area is 153 Å². The molecule has 0 radical (unpaired) electrons. The molecule has 25 heavy (non-hydrogen) atoms. The van der Waals surface area contributed by atoms with Crippen LogP contribution < -0.4 is 15.8 Å². The molecule has 6 heteroatoms. The fourth-order valence-electron chi connectivity index (χ4n) is 3.01. The molecule has 0 unspecified atom stereocenters. The summed E-state index contributed by atoms with van der Waals surface area (Å²) >= 11 is 6.26. The van der Waals surface area contributed by atoms with Crippen molar-refractivity contribution >= 4 is 23.2 Å². The quantitative estimate of drug-likeness (QED) is 0.636. The fourth-order valence-corrected chi connectivity index (χ4v) is 3.30. The first-order chi connectivity index (χ1) is 12.2. The number of nitrogens with two attached hydrogens (primary N) is 1. The van der Waals surface area contributed by atoms with Crippen LogP contribution in [-0.4, -0.2) is 37.6 Å². The molecule has 132 valence electrons. The third-order valence-corrected chi connectivity index (χ3v) is 4.68. The Kier molecular flexibility index (Phi) is 5.79. The number of halogens is 1. The molecule has 2 aromatic rings. The molecule has 0 saturated carbocycles. The Bertz CT molecular complexity index is 763. The topological polar surface area (TPSA) is 62.9 Å². The van der Waals surface area contributed by atoms with Gasteiger partial charge in [-0.1, -0.05) is 29.8 Å². The van der Waals surface area contributed by atoms with E-state index in [2.05, 4.69) is 21.3 Å². The number of aliphatic imine (C=N–C) groups is 1. The molecule has 1 aliphatic rings. The number of hydrogen-bond acceptors (Lipinski definition) is 3. The number of hydrogen-bond donors (Lipinski definition) is 2. The summed E-state index contributed by atoms with van der Waals surface area (Å²) in [5.41, 5.74) is 9.43. The van der Waals surface area contributed by atoms with E-state index in [9.17, 15) is 0 Å². The van der Waals surface area contributed by atoms with E-state index in [4.69, 9.17) is 22.1 Å². The van der Waals surface area contributed by atoms with Crippen LogP contribution in [0, 0.1) is 0 Å². The average Bonchev–Trinajstić information content (AvgIpc) is 2.62. The average molecular weight is 359 g/mol. The van der Waals surface area contributed by atoms with Crippen LogP contribution in [0.25, 0.3) is 0 Å². The summed E-state index contributed by atoms with van der Waals surface area (Å²) in [6, 6.07) is 13.7. The van der Waals surface area contributed by atoms with Gasteiger partial charge in [0.2, 0.25) is 0 Å². The van der Waals surface area contributed by atoms with Crippen molar-refractivity contribution in [3.63, 3.8) is 0 Å². The highest BCUT2D eigenvalue weighted by Crippen LogP contribution is 2.25. The Morgan fingerprint density at radius 2 is 2.16 bits per heavy atom. The third kappa shape index (κ3) is 4.65. The van der Waals surface area contributed by atoms with Gasteiger partial charge in [-0.15, -0.1) is 0 Å². The maximum atomic E-state index is 6.26. The second-order valence-electron chi connectivity index (χ2n) is 6.03. The van der Waals surface area contributed by atoms with Gasteiger partial charge in [0.1, 0.15) is 5.75 Å². The SMILES string of the molecule is COc1cccc(NC(N)=NCCN2CCc3c(Cl)cccc3C2)c1. The van der Waals surface area contributed by atoms with E-state index in [1.807, 2.05) is 36.4 Å². The number of guanidine groups is 1. The van der Waals surface area contributed by atoms with Gasteiger partial charge in [-0.05, 0) is 35.7 Å². The maximum Gasteiger partial charge on any atom is 0.193 e. The van der Waals surface area contributed by atoms with Crippen molar-refractivity contribution in [3.8, 4) is 5.75 Å². The van der Waals surface area contributed by atoms with Crippen molar-refractivity contribution in [1.29, 1.82) is 0 Å². The molecule has 5 nitrogen and oxygen atoms in total. The van der Waals surface area contributed by atoms with Gasteiger partial charge in [-0.25, -0.2) is 0 Å². The zero-order valence-corrected chi connectivity index (χ0v) is 15.1. The molecule has 0 fully saturated rings.